The molecule has 2 fully saturated rings. The highest BCUT2D eigenvalue weighted by atomic mass is 35.5. The van der Waals surface area contributed by atoms with Crippen molar-refractivity contribution in [3.05, 3.63) is 48.0 Å². The number of carbonyl (C=O) groups is 2. The van der Waals surface area contributed by atoms with E-state index in [9.17, 15) is 9.59 Å². The number of amides is 2. The fourth-order valence-electron chi connectivity index (χ4n) is 5.24. The first-order valence-corrected chi connectivity index (χ1v) is 13.9. The lowest BCUT2D eigenvalue weighted by Crippen LogP contribution is -2.50. The Labute approximate surface area is 233 Å². The van der Waals surface area contributed by atoms with E-state index in [1.807, 2.05) is 51.2 Å². The van der Waals surface area contributed by atoms with Crippen LogP contribution in [0.15, 0.2) is 42.9 Å². The van der Waals surface area contributed by atoms with Gasteiger partial charge in [0.1, 0.15) is 16.6 Å². The van der Waals surface area contributed by atoms with E-state index in [-0.39, 0.29) is 24.0 Å². The molecule has 2 aliphatic rings. The average Bonchev–Trinajstić information content (AvgIpc) is 2.92. The number of likely N-dealkylation sites (tertiary alicyclic amines) is 1. The molecule has 5 heterocycles. The van der Waals surface area contributed by atoms with Crippen molar-refractivity contribution >= 4 is 40.2 Å². The van der Waals surface area contributed by atoms with Crippen molar-refractivity contribution in [2.75, 3.05) is 31.1 Å². The van der Waals surface area contributed by atoms with Crippen LogP contribution < -0.4 is 10.2 Å². The summed E-state index contributed by atoms with van der Waals surface area (Å²) in [5.41, 5.74) is 1.20. The maximum atomic E-state index is 13.1. The summed E-state index contributed by atoms with van der Waals surface area (Å²) in [6.07, 6.45) is 8.00. The molecule has 39 heavy (non-hydrogen) atoms. The van der Waals surface area contributed by atoms with Crippen molar-refractivity contribution < 1.29 is 14.3 Å². The highest BCUT2D eigenvalue weighted by molar-refractivity contribution is 6.29. The van der Waals surface area contributed by atoms with Gasteiger partial charge in [-0.3, -0.25) is 9.78 Å². The molecule has 2 amide bonds. The predicted octanol–water partition coefficient (Wildman–Crippen LogP) is 5.08. The zero-order chi connectivity index (χ0) is 27.6. The summed E-state index contributed by atoms with van der Waals surface area (Å²) in [5, 5.41) is 5.70. The van der Waals surface area contributed by atoms with Crippen molar-refractivity contribution in [2.45, 2.75) is 58.1 Å². The second kappa shape index (κ2) is 11.3. The minimum absolute atomic E-state index is 0.0414. The summed E-state index contributed by atoms with van der Waals surface area (Å²) in [5.74, 6) is 0.957. The Hall–Kier alpha value is -3.46. The van der Waals surface area contributed by atoms with Gasteiger partial charge in [-0.05, 0) is 70.7 Å². The molecule has 3 aromatic heterocycles. The second-order valence-corrected chi connectivity index (χ2v) is 11.7. The number of fused-ring (bicyclic) bond motifs is 1. The Balaban J connectivity index is 1.20. The van der Waals surface area contributed by atoms with Crippen molar-refractivity contribution in [2.24, 2.45) is 5.92 Å². The molecule has 10 heteroatoms. The average molecular weight is 551 g/mol. The SMILES string of the molecule is CC(C)(C)OC(=O)N1CCC(NC(=O)C2CCN(c3nc(-c4ccnc(Cl)c4)cc4cnccc34)CC2)CC1. The number of nitrogens with zero attached hydrogens (tertiary/aromatic N) is 5. The molecule has 0 aromatic carbocycles. The number of piperidine rings is 2. The van der Waals surface area contributed by atoms with Gasteiger partial charge < -0.3 is 19.9 Å². The van der Waals surface area contributed by atoms with Gasteiger partial charge in [-0.25, -0.2) is 14.8 Å². The summed E-state index contributed by atoms with van der Waals surface area (Å²) >= 11 is 6.14. The van der Waals surface area contributed by atoms with Crippen LogP contribution in [0.3, 0.4) is 0 Å². The van der Waals surface area contributed by atoms with Crippen LogP contribution in [0.2, 0.25) is 5.15 Å². The third kappa shape index (κ3) is 6.58. The maximum absolute atomic E-state index is 13.1. The van der Waals surface area contributed by atoms with E-state index in [1.54, 1.807) is 17.3 Å². The topological polar surface area (TPSA) is 101 Å². The summed E-state index contributed by atoms with van der Waals surface area (Å²) in [6, 6.07) is 7.80. The molecule has 0 aliphatic carbocycles. The smallest absolute Gasteiger partial charge is 0.410 e. The number of nitrogens with one attached hydrogen (secondary N) is 1. The highest BCUT2D eigenvalue weighted by Crippen LogP contribution is 2.32. The van der Waals surface area contributed by atoms with Gasteiger partial charge in [0.05, 0.1) is 5.69 Å². The molecule has 5 rings (SSSR count). The van der Waals surface area contributed by atoms with Gasteiger partial charge in [0.25, 0.3) is 0 Å². The first-order valence-electron chi connectivity index (χ1n) is 13.6. The van der Waals surface area contributed by atoms with Crippen LogP contribution in [0.25, 0.3) is 22.0 Å². The molecule has 2 saturated heterocycles. The third-order valence-corrected chi connectivity index (χ3v) is 7.50. The quantitative estimate of drug-likeness (QED) is 0.452. The number of halogens is 1. The normalized spacial score (nSPS) is 17.3. The van der Waals surface area contributed by atoms with Crippen molar-refractivity contribution in [1.82, 2.24) is 25.2 Å². The molecule has 2 aliphatic heterocycles. The van der Waals surface area contributed by atoms with Crippen molar-refractivity contribution in [1.29, 1.82) is 0 Å². The summed E-state index contributed by atoms with van der Waals surface area (Å²) < 4.78 is 5.48. The number of carbonyl (C=O) groups excluding carboxylic acids is 2. The summed E-state index contributed by atoms with van der Waals surface area (Å²) in [7, 11) is 0. The second-order valence-electron chi connectivity index (χ2n) is 11.3. The number of hydrogen-bond acceptors (Lipinski definition) is 7. The molecule has 0 unspecified atom stereocenters. The number of rotatable bonds is 4. The summed E-state index contributed by atoms with van der Waals surface area (Å²) in [6.45, 7) is 8.25. The maximum Gasteiger partial charge on any atom is 0.410 e. The Morgan fingerprint density at radius 3 is 2.46 bits per heavy atom. The van der Waals surface area contributed by atoms with E-state index in [4.69, 9.17) is 21.3 Å². The minimum Gasteiger partial charge on any atom is -0.444 e. The van der Waals surface area contributed by atoms with Gasteiger partial charge in [-0.15, -0.1) is 0 Å². The molecular formula is C29H35ClN6O3. The zero-order valence-corrected chi connectivity index (χ0v) is 23.4. The van der Waals surface area contributed by atoms with E-state index < -0.39 is 5.60 Å². The van der Waals surface area contributed by atoms with Crippen LogP contribution in [0.4, 0.5) is 10.6 Å². The van der Waals surface area contributed by atoms with Crippen molar-refractivity contribution in [3.63, 3.8) is 0 Å². The largest absolute Gasteiger partial charge is 0.444 e. The Morgan fingerprint density at radius 1 is 1.03 bits per heavy atom. The lowest BCUT2D eigenvalue weighted by Gasteiger charge is -2.36. The fraction of sp³-hybridized carbons (Fsp3) is 0.483. The van der Waals surface area contributed by atoms with Crippen LogP contribution in [0.1, 0.15) is 46.5 Å². The lowest BCUT2D eigenvalue weighted by molar-refractivity contribution is -0.126. The van der Waals surface area contributed by atoms with Gasteiger partial charge >= 0.3 is 6.09 Å². The van der Waals surface area contributed by atoms with Crippen LogP contribution >= 0.6 is 11.6 Å². The molecule has 0 bridgehead atoms. The van der Waals surface area contributed by atoms with Gasteiger partial charge in [0, 0.05) is 73.1 Å². The van der Waals surface area contributed by atoms with E-state index in [0.29, 0.717) is 18.2 Å². The van der Waals surface area contributed by atoms with Crippen LogP contribution in [0.5, 0.6) is 0 Å². The van der Waals surface area contributed by atoms with E-state index in [2.05, 4.69) is 20.2 Å². The van der Waals surface area contributed by atoms with Gasteiger partial charge in [-0.2, -0.15) is 0 Å². The van der Waals surface area contributed by atoms with E-state index in [0.717, 1.165) is 66.6 Å². The molecule has 1 N–H and O–H groups in total. The molecular weight excluding hydrogens is 516 g/mol. The Bertz CT molecular complexity index is 1340. The molecule has 0 saturated carbocycles. The summed E-state index contributed by atoms with van der Waals surface area (Å²) in [4.78, 5) is 42.8. The first kappa shape index (κ1) is 27.1. The minimum atomic E-state index is -0.510. The van der Waals surface area contributed by atoms with Crippen LogP contribution in [-0.4, -0.2) is 69.7 Å². The highest BCUT2D eigenvalue weighted by Gasteiger charge is 2.31. The van der Waals surface area contributed by atoms with Gasteiger partial charge in [-0.1, -0.05) is 11.6 Å². The number of anilines is 1. The zero-order valence-electron chi connectivity index (χ0n) is 22.7. The van der Waals surface area contributed by atoms with Gasteiger partial charge in [0.15, 0.2) is 0 Å². The van der Waals surface area contributed by atoms with Crippen LogP contribution in [-0.2, 0) is 9.53 Å². The van der Waals surface area contributed by atoms with Crippen LogP contribution in [0, 0.1) is 5.92 Å². The molecule has 9 nitrogen and oxygen atoms in total. The van der Waals surface area contributed by atoms with Crippen molar-refractivity contribution in [3.8, 4) is 11.3 Å². The molecule has 3 aromatic rings. The fourth-order valence-corrected chi connectivity index (χ4v) is 5.41. The monoisotopic (exact) mass is 550 g/mol. The molecule has 0 atom stereocenters. The Morgan fingerprint density at radius 2 is 1.77 bits per heavy atom. The third-order valence-electron chi connectivity index (χ3n) is 7.29. The lowest BCUT2D eigenvalue weighted by atomic mass is 9.94. The Kier molecular flexibility index (Phi) is 7.88. The standard InChI is InChI=1S/C29H35ClN6O3/c1-29(2,3)39-28(38)36-14-8-22(9-15-36)33-27(37)19-6-12-35(13-7-19)26-23-5-10-31-18-21(23)16-24(34-26)20-4-11-32-25(30)17-20/h4-5,10-11,16-19,22H,6-9,12-15H2,1-3H3,(H,33,37). The first-order chi connectivity index (χ1) is 18.7. The molecule has 206 valence electrons. The van der Waals surface area contributed by atoms with E-state index in [1.165, 1.54) is 0 Å². The number of aromatic nitrogens is 3. The van der Waals surface area contributed by atoms with Gasteiger partial charge in [0.2, 0.25) is 5.91 Å². The predicted molar refractivity (Wildman–Crippen MR) is 152 cm³/mol. The number of hydrogen-bond donors (Lipinski definition) is 1. The number of ether oxygens (including phenoxy) is 1. The molecule has 0 spiro atoms. The number of pyridine rings is 3. The molecule has 0 radical (unpaired) electrons. The van der Waals surface area contributed by atoms with E-state index >= 15 is 0 Å².